The maximum absolute atomic E-state index is 12.3. The third kappa shape index (κ3) is 7.39. The summed E-state index contributed by atoms with van der Waals surface area (Å²) >= 11 is 1.68. The second-order valence-electron chi connectivity index (χ2n) is 7.05. The van der Waals surface area contributed by atoms with Crippen LogP contribution in [0.1, 0.15) is 45.2 Å². The van der Waals surface area contributed by atoms with Crippen LogP contribution in [-0.2, 0) is 9.59 Å². The third-order valence-corrected chi connectivity index (χ3v) is 4.64. The lowest BCUT2D eigenvalue weighted by Crippen LogP contribution is -2.47. The van der Waals surface area contributed by atoms with Gasteiger partial charge in [-0.15, -0.1) is 11.8 Å². The standard InChI is InChI=1S/C19H30N2O2S/c1-7-21(13-17(22)20-19(4,5)6)18(23)10-11-24-16-9-8-14(2)15(3)12-16/h8-9,12H,7,10-11,13H2,1-6H3,(H,20,22). The van der Waals surface area contributed by atoms with Gasteiger partial charge in [0.05, 0.1) is 6.54 Å². The maximum atomic E-state index is 12.3. The number of hydrogen-bond donors (Lipinski definition) is 1. The molecule has 0 aliphatic rings. The number of amides is 2. The molecule has 0 aliphatic heterocycles. The molecule has 0 aromatic heterocycles. The molecule has 0 saturated heterocycles. The van der Waals surface area contributed by atoms with Gasteiger partial charge in [-0.05, 0) is 64.8 Å². The van der Waals surface area contributed by atoms with E-state index in [9.17, 15) is 9.59 Å². The number of rotatable bonds is 7. The Hall–Kier alpha value is -1.49. The second kappa shape index (κ2) is 9.11. The van der Waals surface area contributed by atoms with Gasteiger partial charge in [0.1, 0.15) is 0 Å². The zero-order valence-corrected chi connectivity index (χ0v) is 16.5. The minimum absolute atomic E-state index is 0.0258. The van der Waals surface area contributed by atoms with Crippen LogP contribution in [0, 0.1) is 13.8 Å². The van der Waals surface area contributed by atoms with Crippen LogP contribution in [0.25, 0.3) is 0 Å². The first kappa shape index (κ1) is 20.6. The van der Waals surface area contributed by atoms with Crippen molar-refractivity contribution < 1.29 is 9.59 Å². The molecule has 1 aromatic rings. The summed E-state index contributed by atoms with van der Waals surface area (Å²) in [5.74, 6) is 0.635. The van der Waals surface area contributed by atoms with E-state index in [-0.39, 0.29) is 23.9 Å². The molecular formula is C19H30N2O2S. The van der Waals surface area contributed by atoms with Crippen LogP contribution in [0.2, 0.25) is 0 Å². The van der Waals surface area contributed by atoms with E-state index in [1.165, 1.54) is 16.0 Å². The van der Waals surface area contributed by atoms with Crippen LogP contribution >= 0.6 is 11.8 Å². The summed E-state index contributed by atoms with van der Waals surface area (Å²) in [5, 5.41) is 2.89. The second-order valence-corrected chi connectivity index (χ2v) is 8.22. The first-order chi connectivity index (χ1) is 11.1. The van der Waals surface area contributed by atoms with Gasteiger partial charge in [-0.2, -0.15) is 0 Å². The smallest absolute Gasteiger partial charge is 0.240 e. The molecule has 0 aliphatic carbocycles. The van der Waals surface area contributed by atoms with Crippen molar-refractivity contribution in [2.24, 2.45) is 0 Å². The SMILES string of the molecule is CCN(CC(=O)NC(C)(C)C)C(=O)CCSc1ccc(C)c(C)c1. The first-order valence-electron chi connectivity index (χ1n) is 8.41. The van der Waals surface area contributed by atoms with Crippen molar-refractivity contribution in [3.63, 3.8) is 0 Å². The lowest BCUT2D eigenvalue weighted by atomic mass is 10.1. The van der Waals surface area contributed by atoms with Crippen molar-refractivity contribution in [3.05, 3.63) is 29.3 Å². The lowest BCUT2D eigenvalue weighted by Gasteiger charge is -2.25. The molecule has 1 aromatic carbocycles. The van der Waals surface area contributed by atoms with Crippen molar-refractivity contribution in [1.82, 2.24) is 10.2 Å². The molecule has 0 atom stereocenters. The van der Waals surface area contributed by atoms with Crippen LogP contribution in [0.4, 0.5) is 0 Å². The highest BCUT2D eigenvalue weighted by Crippen LogP contribution is 2.21. The van der Waals surface area contributed by atoms with Crippen molar-refractivity contribution in [1.29, 1.82) is 0 Å². The summed E-state index contributed by atoms with van der Waals surface area (Å²) in [6.45, 7) is 12.6. The van der Waals surface area contributed by atoms with E-state index in [1.807, 2.05) is 27.7 Å². The van der Waals surface area contributed by atoms with E-state index in [4.69, 9.17) is 0 Å². The van der Waals surface area contributed by atoms with Gasteiger partial charge >= 0.3 is 0 Å². The average Bonchev–Trinajstić information content (AvgIpc) is 2.46. The minimum atomic E-state index is -0.279. The predicted octanol–water partition coefficient (Wildman–Crippen LogP) is 3.55. The van der Waals surface area contributed by atoms with E-state index >= 15 is 0 Å². The molecule has 0 spiro atoms. The van der Waals surface area contributed by atoms with Gasteiger partial charge in [-0.25, -0.2) is 0 Å². The van der Waals surface area contributed by atoms with Crippen LogP contribution in [0.15, 0.2) is 23.1 Å². The van der Waals surface area contributed by atoms with E-state index in [2.05, 4.69) is 37.4 Å². The Labute approximate surface area is 150 Å². The van der Waals surface area contributed by atoms with Gasteiger partial charge < -0.3 is 10.2 Å². The molecule has 0 fully saturated rings. The quantitative estimate of drug-likeness (QED) is 0.765. The molecule has 0 radical (unpaired) electrons. The molecule has 0 heterocycles. The number of aryl methyl sites for hydroxylation is 2. The summed E-state index contributed by atoms with van der Waals surface area (Å²) in [6.07, 6.45) is 0.439. The van der Waals surface area contributed by atoms with Crippen molar-refractivity contribution in [2.75, 3.05) is 18.8 Å². The van der Waals surface area contributed by atoms with Crippen molar-refractivity contribution >= 4 is 23.6 Å². The third-order valence-electron chi connectivity index (χ3n) is 3.65. The molecule has 0 saturated carbocycles. The fraction of sp³-hybridized carbons (Fsp3) is 0.579. The number of nitrogens with zero attached hydrogens (tertiary/aromatic N) is 1. The number of hydrogen-bond acceptors (Lipinski definition) is 3. The van der Waals surface area contributed by atoms with E-state index in [1.54, 1.807) is 16.7 Å². The molecule has 1 rings (SSSR count). The van der Waals surface area contributed by atoms with Gasteiger partial charge in [-0.3, -0.25) is 9.59 Å². The fourth-order valence-corrected chi connectivity index (χ4v) is 3.16. The number of likely N-dealkylation sites (N-methyl/N-ethyl adjacent to an activating group) is 1. The van der Waals surface area contributed by atoms with Crippen LogP contribution in [-0.4, -0.2) is 41.1 Å². The number of carbonyl (C=O) groups excluding carboxylic acids is 2. The molecule has 0 bridgehead atoms. The Balaban J connectivity index is 2.46. The Morgan fingerprint density at radius 3 is 2.38 bits per heavy atom. The highest BCUT2D eigenvalue weighted by atomic mass is 32.2. The van der Waals surface area contributed by atoms with E-state index < -0.39 is 0 Å². The highest BCUT2D eigenvalue weighted by molar-refractivity contribution is 7.99. The molecule has 2 amide bonds. The normalized spacial score (nSPS) is 11.2. The fourth-order valence-electron chi connectivity index (χ4n) is 2.23. The Morgan fingerprint density at radius 1 is 1.17 bits per heavy atom. The van der Waals surface area contributed by atoms with E-state index in [0.717, 1.165) is 5.75 Å². The number of nitrogens with one attached hydrogen (secondary N) is 1. The topological polar surface area (TPSA) is 49.4 Å². The summed E-state index contributed by atoms with van der Waals surface area (Å²) in [7, 11) is 0. The van der Waals surface area contributed by atoms with Gasteiger partial charge in [0.15, 0.2) is 0 Å². The Kier molecular flexibility index (Phi) is 7.80. The van der Waals surface area contributed by atoms with E-state index in [0.29, 0.717) is 13.0 Å². The molecular weight excluding hydrogens is 320 g/mol. The monoisotopic (exact) mass is 350 g/mol. The van der Waals surface area contributed by atoms with Crippen LogP contribution in [0.5, 0.6) is 0 Å². The number of carbonyl (C=O) groups is 2. The maximum Gasteiger partial charge on any atom is 0.240 e. The number of benzene rings is 1. The van der Waals surface area contributed by atoms with Gasteiger partial charge in [0.25, 0.3) is 0 Å². The molecule has 0 unspecified atom stereocenters. The first-order valence-corrected chi connectivity index (χ1v) is 9.39. The van der Waals surface area contributed by atoms with Crippen LogP contribution < -0.4 is 5.32 Å². The zero-order chi connectivity index (χ0) is 18.3. The molecule has 24 heavy (non-hydrogen) atoms. The average molecular weight is 351 g/mol. The summed E-state index contributed by atoms with van der Waals surface area (Å²) in [4.78, 5) is 27.1. The summed E-state index contributed by atoms with van der Waals surface area (Å²) in [5.41, 5.74) is 2.26. The van der Waals surface area contributed by atoms with Gasteiger partial charge in [0, 0.05) is 29.2 Å². The Bertz CT molecular complexity index is 579. The molecule has 5 heteroatoms. The minimum Gasteiger partial charge on any atom is -0.350 e. The zero-order valence-electron chi connectivity index (χ0n) is 15.7. The van der Waals surface area contributed by atoms with Crippen molar-refractivity contribution in [2.45, 2.75) is 58.4 Å². The molecule has 134 valence electrons. The largest absolute Gasteiger partial charge is 0.350 e. The van der Waals surface area contributed by atoms with Gasteiger partial charge in [-0.1, -0.05) is 6.07 Å². The molecule has 4 nitrogen and oxygen atoms in total. The highest BCUT2D eigenvalue weighted by Gasteiger charge is 2.19. The molecule has 1 N–H and O–H groups in total. The Morgan fingerprint density at radius 2 is 1.83 bits per heavy atom. The van der Waals surface area contributed by atoms with Crippen LogP contribution in [0.3, 0.4) is 0 Å². The number of thioether (sulfide) groups is 1. The summed E-state index contributed by atoms with van der Waals surface area (Å²) < 4.78 is 0. The van der Waals surface area contributed by atoms with Crippen molar-refractivity contribution in [3.8, 4) is 0 Å². The van der Waals surface area contributed by atoms with Gasteiger partial charge in [0.2, 0.25) is 11.8 Å². The predicted molar refractivity (Wildman–Crippen MR) is 101 cm³/mol. The lowest BCUT2D eigenvalue weighted by molar-refractivity contribution is -0.136. The summed E-state index contributed by atoms with van der Waals surface area (Å²) in [6, 6.07) is 6.35.